The Bertz CT molecular complexity index is 8.04. The summed E-state index contributed by atoms with van der Waals surface area (Å²) in [5, 5.41) is 0. The molecule has 0 heterocycles. The van der Waals surface area contributed by atoms with E-state index < -0.39 is 0 Å². The van der Waals surface area contributed by atoms with Crippen molar-refractivity contribution in [3.63, 3.8) is 0 Å². The Kier molecular flexibility index (Phi) is 18600000. The topological polar surface area (TPSA) is 158 Å². The Balaban J connectivity index is -0.000000000500. The molecule has 0 atom stereocenters. The highest BCUT2D eigenvalue weighted by atomic mass is 28.1. The molecule has 0 fully saturated rings. The fourth-order valence-corrected chi connectivity index (χ4v) is 0. The molecule has 0 rings (SSSR count). The molecule has 0 spiro atoms. The van der Waals surface area contributed by atoms with Crippen LogP contribution in [0.5, 0.6) is 0 Å². The maximum atomic E-state index is 2.14. The van der Waals surface area contributed by atoms with Crippen LogP contribution in [0.2, 0.25) is 6.55 Å². The number of rotatable bonds is 0. The Hall–Kier alpha value is 0.0169. The van der Waals surface area contributed by atoms with Crippen LogP contribution in [0, 0.1) is 0 Å². The van der Waals surface area contributed by atoms with Crippen LogP contribution in [-0.2, 0) is 0 Å². The van der Waals surface area contributed by atoms with Gasteiger partial charge in [0.25, 0.3) is 0 Å². The largest absolute Gasteiger partial charge is 0.412 e. The van der Waals surface area contributed by atoms with Gasteiger partial charge in [-0.3, -0.25) is 0 Å². The van der Waals surface area contributed by atoms with Crippen LogP contribution in [0.3, 0.4) is 0 Å². The normalized spacial score (nSPS) is 1.29. The molecule has 0 aromatic carbocycles. The second kappa shape index (κ2) is 531000. The van der Waals surface area contributed by atoms with Gasteiger partial charge in [-0.1, -0.05) is 6.55 Å². The molecule has 0 aromatic heterocycles. The van der Waals surface area contributed by atoms with Crippen LogP contribution in [0.4, 0.5) is 0 Å². The van der Waals surface area contributed by atoms with Crippen molar-refractivity contribution in [3.05, 3.63) is 0 Å². The molecule has 5 nitrogen and oxygen atoms in total. The van der Waals surface area contributed by atoms with Crippen molar-refractivity contribution in [2.75, 3.05) is 0 Å². The lowest BCUT2D eigenvalue weighted by atomic mass is 11.9. The summed E-state index contributed by atoms with van der Waals surface area (Å²) in [7, 11) is 1.31. The summed E-state index contributed by atoms with van der Waals surface area (Å²) in [5.74, 6) is 0. The minimum Gasteiger partial charge on any atom is -0.412 e. The summed E-state index contributed by atoms with van der Waals surface area (Å²) in [6.07, 6.45) is 0. The van der Waals surface area contributed by atoms with Gasteiger partial charge in [0.15, 0.2) is 0 Å². The van der Waals surface area contributed by atoms with E-state index in [0.717, 1.165) is 0 Å². The van der Waals surface area contributed by atoms with Crippen LogP contribution >= 0.6 is 0 Å². The van der Waals surface area contributed by atoms with Crippen LogP contribution in [0.25, 0.3) is 0 Å². The molecule has 0 aliphatic rings. The number of hydrogen-bond donors (Lipinski definition) is 0. The molecule has 6 heteroatoms. The molecule has 54 valence electrons. The summed E-state index contributed by atoms with van der Waals surface area (Å²) in [5.41, 5.74) is 0. The van der Waals surface area contributed by atoms with Crippen molar-refractivity contribution in [2.45, 2.75) is 6.55 Å². The molecule has 0 amide bonds. The zero-order valence-electron chi connectivity index (χ0n) is 4.50. The summed E-state index contributed by atoms with van der Waals surface area (Å²) >= 11 is 0. The van der Waals surface area contributed by atoms with Crippen molar-refractivity contribution in [3.8, 4) is 0 Å². The Morgan fingerprint density at radius 2 is 0.571 bits per heavy atom. The summed E-state index contributed by atoms with van der Waals surface area (Å²) in [4.78, 5) is 0. The van der Waals surface area contributed by atoms with Crippen LogP contribution < -0.4 is 0 Å². The highest BCUT2D eigenvalue weighted by Crippen LogP contribution is 0.960. The first-order valence-corrected chi connectivity index (χ1v) is 3.00. The lowest BCUT2D eigenvalue weighted by Crippen LogP contribution is -1.13. The summed E-state index contributed by atoms with van der Waals surface area (Å²) in [6.45, 7) is 2.14. The molecule has 0 radical (unpaired) electrons. The van der Waals surface area contributed by atoms with Crippen LogP contribution in [0.15, 0.2) is 0 Å². The second-order valence-electron chi connectivity index (χ2n) is 0. The SMILES string of the molecule is C[SiH3].O.O.O.O.O. The van der Waals surface area contributed by atoms with Crippen molar-refractivity contribution in [1.82, 2.24) is 0 Å². The van der Waals surface area contributed by atoms with E-state index >= 15 is 0 Å². The molecular weight excluding hydrogens is 120 g/mol. The molecule has 0 aliphatic carbocycles. The molecule has 0 aromatic rings. The smallest absolute Gasteiger partial charge is 0.000585 e. The molecular formula is CH16O5Si. The first-order chi connectivity index (χ1) is 1.00. The molecule has 0 saturated heterocycles. The molecule has 0 saturated carbocycles. The van der Waals surface area contributed by atoms with Gasteiger partial charge in [0, 0.05) is 0 Å². The summed E-state index contributed by atoms with van der Waals surface area (Å²) < 4.78 is 0. The average Bonchev–Trinajstić information content (AvgIpc) is 1.00. The Morgan fingerprint density at radius 1 is 0.571 bits per heavy atom. The first kappa shape index (κ1) is 246. The summed E-state index contributed by atoms with van der Waals surface area (Å²) in [6, 6.07) is 0. The lowest BCUT2D eigenvalue weighted by molar-refractivity contribution is 0.823. The lowest BCUT2D eigenvalue weighted by Gasteiger charge is -1.04. The van der Waals surface area contributed by atoms with Crippen molar-refractivity contribution >= 4 is 10.2 Å². The van der Waals surface area contributed by atoms with Gasteiger partial charge in [0.2, 0.25) is 0 Å². The van der Waals surface area contributed by atoms with E-state index in [0.29, 0.717) is 0 Å². The van der Waals surface area contributed by atoms with E-state index in [2.05, 4.69) is 6.55 Å². The van der Waals surface area contributed by atoms with Gasteiger partial charge in [-0.2, -0.15) is 0 Å². The van der Waals surface area contributed by atoms with Gasteiger partial charge in [0.1, 0.15) is 0 Å². The first-order valence-electron chi connectivity index (χ1n) is 1.00. The third kappa shape index (κ3) is 341000. The van der Waals surface area contributed by atoms with Gasteiger partial charge < -0.3 is 27.4 Å². The Morgan fingerprint density at radius 3 is 0.571 bits per heavy atom. The molecule has 0 unspecified atom stereocenters. The second-order valence-corrected chi connectivity index (χ2v) is 0. The highest BCUT2D eigenvalue weighted by molar-refractivity contribution is 6.05. The fourth-order valence-electron chi connectivity index (χ4n) is 0. The molecule has 10 N–H and O–H groups in total. The zero-order chi connectivity index (χ0) is 2.00. The maximum absolute atomic E-state index is 2.14. The van der Waals surface area contributed by atoms with Gasteiger partial charge >= 0.3 is 0 Å². The van der Waals surface area contributed by atoms with Crippen molar-refractivity contribution in [2.24, 2.45) is 0 Å². The zero-order valence-corrected chi connectivity index (χ0v) is 6.50. The quantitative estimate of drug-likeness (QED) is 0.293. The number of hydrogen-bond acceptors (Lipinski definition) is 0. The van der Waals surface area contributed by atoms with Crippen molar-refractivity contribution < 1.29 is 27.4 Å². The van der Waals surface area contributed by atoms with Gasteiger partial charge in [-0.15, -0.1) is 0 Å². The van der Waals surface area contributed by atoms with Gasteiger partial charge in [-0.25, -0.2) is 0 Å². The Labute approximate surface area is 45.3 Å². The molecule has 7 heavy (non-hydrogen) atoms. The highest BCUT2D eigenvalue weighted by Gasteiger charge is 0.962. The minimum atomic E-state index is 0. The standard InChI is InChI=1S/CH6Si.5H2O/c1-2;;;;;/h1-2H3;5*1H2. The van der Waals surface area contributed by atoms with E-state index in [1.807, 2.05) is 0 Å². The van der Waals surface area contributed by atoms with Crippen LogP contribution in [-0.4, -0.2) is 37.6 Å². The van der Waals surface area contributed by atoms with E-state index in [-0.39, 0.29) is 27.4 Å². The third-order valence-corrected chi connectivity index (χ3v) is 0. The molecule has 0 bridgehead atoms. The van der Waals surface area contributed by atoms with Crippen molar-refractivity contribution in [1.29, 1.82) is 0 Å². The molecule has 0 aliphatic heterocycles. The van der Waals surface area contributed by atoms with E-state index in [1.165, 1.54) is 10.2 Å². The third-order valence-electron chi connectivity index (χ3n) is 0. The fraction of sp³-hybridized carbons (Fsp3) is 1.00. The predicted molar refractivity (Wildman–Crippen MR) is 33.9 cm³/mol. The van der Waals surface area contributed by atoms with E-state index in [1.54, 1.807) is 0 Å². The monoisotopic (exact) mass is 136 g/mol. The van der Waals surface area contributed by atoms with Crippen LogP contribution in [0.1, 0.15) is 0 Å². The maximum Gasteiger partial charge on any atom is -0.000585 e. The van der Waals surface area contributed by atoms with E-state index in [4.69, 9.17) is 0 Å². The predicted octanol–water partition coefficient (Wildman–Crippen LogP) is -4.72. The minimum absolute atomic E-state index is 0. The van der Waals surface area contributed by atoms with Gasteiger partial charge in [-0.05, 0) is 10.2 Å². The van der Waals surface area contributed by atoms with E-state index in [9.17, 15) is 0 Å². The average molecular weight is 136 g/mol. The van der Waals surface area contributed by atoms with Gasteiger partial charge in [0.05, 0.1) is 0 Å².